The number of hydroxylamine groups is 1. The first kappa shape index (κ1) is 25.9. The first-order chi connectivity index (χ1) is 18.3. The number of halogens is 3. The van der Waals surface area contributed by atoms with Crippen LogP contribution in [0.4, 0.5) is 13.2 Å². The molecule has 38 heavy (non-hydrogen) atoms. The summed E-state index contributed by atoms with van der Waals surface area (Å²) in [5, 5.41) is 15.9. The molecule has 2 aromatic heterocycles. The predicted molar refractivity (Wildman–Crippen MR) is 133 cm³/mol. The summed E-state index contributed by atoms with van der Waals surface area (Å²) in [6, 6.07) is 10.5. The van der Waals surface area contributed by atoms with Crippen molar-refractivity contribution in [2.24, 2.45) is 0 Å². The maximum Gasteiger partial charge on any atom is 0.435 e. The molecule has 8 nitrogen and oxygen atoms in total. The average Bonchev–Trinajstić information content (AvgIpc) is 3.68. The molecule has 1 unspecified atom stereocenters. The maximum absolute atomic E-state index is 13.0. The van der Waals surface area contributed by atoms with E-state index >= 15 is 0 Å². The maximum atomic E-state index is 13.0. The van der Waals surface area contributed by atoms with Crippen LogP contribution in [-0.4, -0.2) is 38.7 Å². The molecule has 1 aromatic carbocycles. The number of nitrogens with one attached hydrogen (secondary N) is 1. The fraction of sp³-hybridized carbons (Fsp3) is 0.385. The third kappa shape index (κ3) is 5.30. The van der Waals surface area contributed by atoms with Crippen LogP contribution in [0.25, 0.3) is 5.70 Å². The Morgan fingerprint density at radius 3 is 2.76 bits per heavy atom. The van der Waals surface area contributed by atoms with Gasteiger partial charge in [0.2, 0.25) is 5.91 Å². The number of nitrogens with zero attached hydrogens (tertiary/aromatic N) is 5. The molecule has 1 atom stereocenters. The van der Waals surface area contributed by atoms with E-state index in [0.717, 1.165) is 32.7 Å². The summed E-state index contributed by atoms with van der Waals surface area (Å²) < 4.78 is 40.3. The smallest absolute Gasteiger partial charge is 0.341 e. The molecule has 2 aliphatic rings. The van der Waals surface area contributed by atoms with E-state index in [1.54, 1.807) is 29.2 Å². The van der Waals surface area contributed by atoms with Crippen LogP contribution >= 0.6 is 11.3 Å². The van der Waals surface area contributed by atoms with Crippen LogP contribution in [0.15, 0.2) is 41.8 Å². The molecule has 0 aliphatic carbocycles. The van der Waals surface area contributed by atoms with E-state index in [0.29, 0.717) is 43.6 Å². The largest absolute Gasteiger partial charge is 0.435 e. The highest BCUT2D eigenvalue weighted by atomic mass is 32.1. The lowest BCUT2D eigenvalue weighted by atomic mass is 9.97. The van der Waals surface area contributed by atoms with Gasteiger partial charge in [0.15, 0.2) is 5.69 Å². The van der Waals surface area contributed by atoms with E-state index in [9.17, 15) is 23.2 Å². The molecule has 1 N–H and O–H groups in total. The fourth-order valence-electron chi connectivity index (χ4n) is 4.70. The minimum atomic E-state index is -4.54. The van der Waals surface area contributed by atoms with E-state index in [4.69, 9.17) is 9.82 Å². The standard InChI is InChI=1S/C26H25F3N6O2S/c1-2-18-11-23(26(27,28)29)32-35(18)14-24(36)34-9-7-16(8-10-34)25-31-21(15-38-25)20-12-22(37-33-20)19-6-4-3-5-17(19)13-30/h3-6,11-12,15-16,22,33H,2,7-10,14H2,1H3. The number of benzene rings is 1. The second kappa shape index (κ2) is 10.6. The van der Waals surface area contributed by atoms with Crippen LogP contribution in [0, 0.1) is 11.3 Å². The Morgan fingerprint density at radius 2 is 2.05 bits per heavy atom. The van der Waals surface area contributed by atoms with Crippen molar-refractivity contribution in [1.29, 1.82) is 5.26 Å². The van der Waals surface area contributed by atoms with Crippen molar-refractivity contribution in [2.75, 3.05) is 13.1 Å². The zero-order valence-electron chi connectivity index (χ0n) is 20.5. The number of carbonyl (C=O) groups is 1. The molecule has 3 aromatic rings. The van der Waals surface area contributed by atoms with E-state index in [1.165, 1.54) is 0 Å². The van der Waals surface area contributed by atoms with Gasteiger partial charge in [-0.3, -0.25) is 19.8 Å². The zero-order valence-corrected chi connectivity index (χ0v) is 21.3. The van der Waals surface area contributed by atoms with Crippen molar-refractivity contribution in [3.8, 4) is 6.07 Å². The summed E-state index contributed by atoms with van der Waals surface area (Å²) in [7, 11) is 0. The Labute approximate surface area is 221 Å². The molecule has 12 heteroatoms. The molecule has 5 rings (SSSR count). The highest BCUT2D eigenvalue weighted by Gasteiger charge is 2.35. The number of hydrogen-bond donors (Lipinski definition) is 1. The molecular weight excluding hydrogens is 517 g/mol. The van der Waals surface area contributed by atoms with Gasteiger partial charge in [0, 0.05) is 35.6 Å². The van der Waals surface area contributed by atoms with Crippen LogP contribution < -0.4 is 5.48 Å². The van der Waals surface area contributed by atoms with Crippen molar-refractivity contribution >= 4 is 22.9 Å². The Balaban J connectivity index is 1.19. The summed E-state index contributed by atoms with van der Waals surface area (Å²) in [6.45, 7) is 2.54. The number of alkyl halides is 3. The van der Waals surface area contributed by atoms with E-state index in [1.807, 2.05) is 29.7 Å². The van der Waals surface area contributed by atoms with Crippen molar-refractivity contribution in [3.05, 3.63) is 75.0 Å². The van der Waals surface area contributed by atoms with Crippen LogP contribution in [0.3, 0.4) is 0 Å². The van der Waals surface area contributed by atoms with Crippen molar-refractivity contribution in [1.82, 2.24) is 25.1 Å². The van der Waals surface area contributed by atoms with Gasteiger partial charge >= 0.3 is 6.18 Å². The number of rotatable bonds is 6. The number of nitriles is 1. The first-order valence-corrected chi connectivity index (χ1v) is 13.1. The lowest BCUT2D eigenvalue weighted by molar-refractivity contribution is -0.142. The van der Waals surface area contributed by atoms with Crippen molar-refractivity contribution in [3.63, 3.8) is 0 Å². The fourth-order valence-corrected chi connectivity index (χ4v) is 5.69. The van der Waals surface area contributed by atoms with Gasteiger partial charge in [0.05, 0.1) is 28.0 Å². The number of hydrogen-bond acceptors (Lipinski definition) is 7. The first-order valence-electron chi connectivity index (χ1n) is 12.3. The second-order valence-electron chi connectivity index (χ2n) is 9.18. The second-order valence-corrected chi connectivity index (χ2v) is 10.1. The lowest BCUT2D eigenvalue weighted by Gasteiger charge is -2.31. The molecule has 198 valence electrons. The molecule has 0 spiro atoms. The van der Waals surface area contributed by atoms with Crippen molar-refractivity contribution in [2.45, 2.75) is 50.9 Å². The van der Waals surface area contributed by atoms with Crippen molar-refractivity contribution < 1.29 is 22.8 Å². The van der Waals surface area contributed by atoms with Crippen LogP contribution in [-0.2, 0) is 28.8 Å². The summed E-state index contributed by atoms with van der Waals surface area (Å²) >= 11 is 1.55. The molecule has 2 aliphatic heterocycles. The highest BCUT2D eigenvalue weighted by Crippen LogP contribution is 2.35. The third-order valence-electron chi connectivity index (χ3n) is 6.80. The number of thiazole rings is 1. The van der Waals surface area contributed by atoms with Crippen LogP contribution in [0.1, 0.15) is 65.0 Å². The molecule has 0 saturated carbocycles. The van der Waals surface area contributed by atoms with Gasteiger partial charge in [-0.15, -0.1) is 11.3 Å². The van der Waals surface area contributed by atoms with Gasteiger partial charge in [-0.2, -0.15) is 23.5 Å². The minimum absolute atomic E-state index is 0.184. The van der Waals surface area contributed by atoms with Gasteiger partial charge in [-0.1, -0.05) is 25.1 Å². The Kier molecular flexibility index (Phi) is 7.23. The quantitative estimate of drug-likeness (QED) is 0.480. The number of piperidine rings is 1. The Hall–Kier alpha value is -3.69. The van der Waals surface area contributed by atoms with Gasteiger partial charge < -0.3 is 4.90 Å². The summed E-state index contributed by atoms with van der Waals surface area (Å²) in [5.74, 6) is -0.0560. The SMILES string of the molecule is CCc1cc(C(F)(F)F)nn1CC(=O)N1CCC(c2nc(C3=CC(c4ccccc4C#N)ON3)cs2)CC1. The molecule has 0 bridgehead atoms. The molecular formula is C26H25F3N6O2S. The summed E-state index contributed by atoms with van der Waals surface area (Å²) in [6.07, 6.45) is -1.25. The molecule has 1 amide bonds. The number of aromatic nitrogens is 3. The van der Waals surface area contributed by atoms with Crippen LogP contribution in [0.5, 0.6) is 0 Å². The highest BCUT2D eigenvalue weighted by molar-refractivity contribution is 7.09. The predicted octanol–water partition coefficient (Wildman–Crippen LogP) is 4.82. The van der Waals surface area contributed by atoms with Gasteiger partial charge in [-0.25, -0.2) is 4.98 Å². The molecule has 1 fully saturated rings. The number of carbonyl (C=O) groups excluding carboxylic acids is 1. The summed E-state index contributed by atoms with van der Waals surface area (Å²) in [4.78, 5) is 25.0. The monoisotopic (exact) mass is 542 g/mol. The zero-order chi connectivity index (χ0) is 26.9. The molecule has 4 heterocycles. The average molecular weight is 543 g/mol. The van der Waals surface area contributed by atoms with Crippen LogP contribution in [0.2, 0.25) is 0 Å². The summed E-state index contributed by atoms with van der Waals surface area (Å²) in [5.41, 5.74) is 5.15. The number of aryl methyl sites for hydroxylation is 1. The van der Waals surface area contributed by atoms with Gasteiger partial charge in [-0.05, 0) is 37.5 Å². The van der Waals surface area contributed by atoms with Gasteiger partial charge in [0.1, 0.15) is 12.6 Å². The normalized spacial score (nSPS) is 18.2. The lowest BCUT2D eigenvalue weighted by Crippen LogP contribution is -2.40. The van der Waals surface area contributed by atoms with E-state index in [2.05, 4.69) is 16.6 Å². The minimum Gasteiger partial charge on any atom is -0.341 e. The van der Waals surface area contributed by atoms with E-state index < -0.39 is 18.0 Å². The molecule has 1 saturated heterocycles. The number of likely N-dealkylation sites (tertiary alicyclic amines) is 1. The Bertz CT molecular complexity index is 1400. The Morgan fingerprint density at radius 1 is 1.29 bits per heavy atom. The third-order valence-corrected chi connectivity index (χ3v) is 7.80. The number of amides is 1. The van der Waals surface area contributed by atoms with Gasteiger partial charge in [0.25, 0.3) is 0 Å². The van der Waals surface area contributed by atoms with E-state index in [-0.39, 0.29) is 18.4 Å². The topological polar surface area (TPSA) is 96.1 Å². The molecule has 0 radical (unpaired) electrons.